The van der Waals surface area contributed by atoms with Gasteiger partial charge < -0.3 is 23.9 Å². The monoisotopic (exact) mass is 496 g/mol. The van der Waals surface area contributed by atoms with E-state index < -0.39 is 0 Å². The van der Waals surface area contributed by atoms with E-state index in [1.54, 1.807) is 17.0 Å². The van der Waals surface area contributed by atoms with Crippen molar-refractivity contribution in [1.82, 2.24) is 9.88 Å². The lowest BCUT2D eigenvalue weighted by Crippen LogP contribution is -2.49. The summed E-state index contributed by atoms with van der Waals surface area (Å²) in [4.78, 5) is 36.4. The average Bonchev–Trinajstić information content (AvgIpc) is 3.50. The van der Waals surface area contributed by atoms with E-state index in [0.29, 0.717) is 44.2 Å². The SMILES string of the molecule is O=C(c1ccco1)N1CCN(c2ccc3cccc(OCC(=O)N4CCCc5ccccc54)c3n2)CC1. The molecule has 0 atom stereocenters. The van der Waals surface area contributed by atoms with Gasteiger partial charge in [-0.25, -0.2) is 4.98 Å². The van der Waals surface area contributed by atoms with Gasteiger partial charge in [0.1, 0.15) is 17.1 Å². The Bertz CT molecular complexity index is 1430. The van der Waals surface area contributed by atoms with Crippen molar-refractivity contribution in [3.05, 3.63) is 84.3 Å². The normalized spacial score (nSPS) is 15.5. The number of nitrogens with zero attached hydrogens (tertiary/aromatic N) is 4. The lowest BCUT2D eigenvalue weighted by Gasteiger charge is -2.35. The molecule has 1 saturated heterocycles. The smallest absolute Gasteiger partial charge is 0.289 e. The molecule has 0 aliphatic carbocycles. The molecule has 8 nitrogen and oxygen atoms in total. The van der Waals surface area contributed by atoms with Crippen molar-refractivity contribution in [2.24, 2.45) is 0 Å². The van der Waals surface area contributed by atoms with Gasteiger partial charge in [0.05, 0.1) is 6.26 Å². The van der Waals surface area contributed by atoms with Crippen molar-refractivity contribution < 1.29 is 18.7 Å². The maximum Gasteiger partial charge on any atom is 0.289 e. The van der Waals surface area contributed by atoms with E-state index in [9.17, 15) is 9.59 Å². The van der Waals surface area contributed by atoms with E-state index >= 15 is 0 Å². The summed E-state index contributed by atoms with van der Waals surface area (Å²) in [6.45, 7) is 3.16. The minimum Gasteiger partial charge on any atom is -0.481 e. The Morgan fingerprint density at radius 1 is 0.892 bits per heavy atom. The number of ether oxygens (including phenoxy) is 1. The van der Waals surface area contributed by atoms with Crippen LogP contribution in [0.5, 0.6) is 5.75 Å². The summed E-state index contributed by atoms with van der Waals surface area (Å²) in [5.74, 6) is 1.63. The van der Waals surface area contributed by atoms with Gasteiger partial charge >= 0.3 is 0 Å². The summed E-state index contributed by atoms with van der Waals surface area (Å²) < 4.78 is 11.3. The lowest BCUT2D eigenvalue weighted by molar-refractivity contribution is -0.120. The fourth-order valence-corrected chi connectivity index (χ4v) is 5.11. The van der Waals surface area contributed by atoms with Crippen LogP contribution in [-0.2, 0) is 11.2 Å². The highest BCUT2D eigenvalue weighted by atomic mass is 16.5. The van der Waals surface area contributed by atoms with Crippen LogP contribution in [-0.4, -0.2) is 61.0 Å². The van der Waals surface area contributed by atoms with Crippen LogP contribution in [0.25, 0.3) is 10.9 Å². The summed E-state index contributed by atoms with van der Waals surface area (Å²) in [6, 6.07) is 21.2. The number of carbonyl (C=O) groups is 2. The van der Waals surface area contributed by atoms with E-state index in [2.05, 4.69) is 11.0 Å². The Hall–Kier alpha value is -4.33. The van der Waals surface area contributed by atoms with Gasteiger partial charge in [0, 0.05) is 43.8 Å². The van der Waals surface area contributed by atoms with Crippen LogP contribution in [0.4, 0.5) is 11.5 Å². The fourth-order valence-electron chi connectivity index (χ4n) is 5.11. The molecule has 8 heteroatoms. The minimum atomic E-state index is -0.0900. The van der Waals surface area contributed by atoms with Gasteiger partial charge in [-0.05, 0) is 54.8 Å². The number of pyridine rings is 1. The molecule has 2 aromatic heterocycles. The average molecular weight is 497 g/mol. The molecule has 1 fully saturated rings. The Labute approximate surface area is 215 Å². The van der Waals surface area contributed by atoms with Crippen LogP contribution in [0.1, 0.15) is 22.5 Å². The van der Waals surface area contributed by atoms with Crippen LogP contribution in [0.2, 0.25) is 0 Å². The Morgan fingerprint density at radius 3 is 2.59 bits per heavy atom. The third-order valence-electron chi connectivity index (χ3n) is 7.05. The van der Waals surface area contributed by atoms with Gasteiger partial charge in [-0.3, -0.25) is 9.59 Å². The third kappa shape index (κ3) is 4.62. The molecule has 0 radical (unpaired) electrons. The van der Waals surface area contributed by atoms with Crippen LogP contribution >= 0.6 is 0 Å². The number of benzene rings is 2. The van der Waals surface area contributed by atoms with Crippen molar-refractivity contribution in [3.8, 4) is 5.75 Å². The summed E-state index contributed by atoms with van der Waals surface area (Å²) in [5, 5.41) is 0.948. The first-order valence-electron chi connectivity index (χ1n) is 12.7. The van der Waals surface area contributed by atoms with Gasteiger partial charge in [0.25, 0.3) is 11.8 Å². The number of aromatic nitrogens is 1. The number of rotatable bonds is 5. The Morgan fingerprint density at radius 2 is 1.76 bits per heavy atom. The summed E-state index contributed by atoms with van der Waals surface area (Å²) in [5.41, 5.74) is 2.90. The van der Waals surface area contributed by atoms with Crippen LogP contribution in [0.3, 0.4) is 0 Å². The molecule has 2 aliphatic heterocycles. The zero-order valence-electron chi connectivity index (χ0n) is 20.5. The van der Waals surface area contributed by atoms with Gasteiger partial charge in [-0.2, -0.15) is 0 Å². The summed E-state index contributed by atoms with van der Waals surface area (Å²) in [6.07, 6.45) is 3.45. The highest BCUT2D eigenvalue weighted by molar-refractivity contribution is 5.96. The summed E-state index contributed by atoms with van der Waals surface area (Å²) >= 11 is 0. The molecular formula is C29H28N4O4. The molecule has 0 unspecified atom stereocenters. The molecular weight excluding hydrogens is 468 g/mol. The fraction of sp³-hybridized carbons (Fsp3) is 0.276. The molecule has 2 aromatic carbocycles. The topological polar surface area (TPSA) is 79.1 Å². The predicted molar refractivity (Wildman–Crippen MR) is 141 cm³/mol. The maximum atomic E-state index is 13.1. The quantitative estimate of drug-likeness (QED) is 0.413. The Balaban J connectivity index is 1.15. The molecule has 2 aliphatic rings. The molecule has 0 saturated carbocycles. The van der Waals surface area contributed by atoms with Crippen LogP contribution < -0.4 is 14.5 Å². The number of hydrogen-bond acceptors (Lipinski definition) is 6. The van der Waals surface area contributed by atoms with Gasteiger partial charge in [-0.1, -0.05) is 30.3 Å². The minimum absolute atomic E-state index is 0.0487. The van der Waals surface area contributed by atoms with Crippen LogP contribution in [0.15, 0.2) is 77.4 Å². The van der Waals surface area contributed by atoms with Crippen LogP contribution in [0, 0.1) is 0 Å². The van der Waals surface area contributed by atoms with Crippen molar-refractivity contribution >= 4 is 34.2 Å². The molecule has 2 amide bonds. The number of carbonyl (C=O) groups excluding carboxylic acids is 2. The van der Waals surface area contributed by atoms with Gasteiger partial charge in [0.2, 0.25) is 0 Å². The number of piperazine rings is 1. The zero-order valence-corrected chi connectivity index (χ0v) is 20.5. The molecule has 0 spiro atoms. The molecule has 0 bridgehead atoms. The molecule has 37 heavy (non-hydrogen) atoms. The molecule has 188 valence electrons. The Kier molecular flexibility index (Phi) is 6.22. The van der Waals surface area contributed by atoms with E-state index in [1.165, 1.54) is 11.8 Å². The van der Waals surface area contributed by atoms with Crippen molar-refractivity contribution in [2.45, 2.75) is 12.8 Å². The zero-order chi connectivity index (χ0) is 25.2. The predicted octanol–water partition coefficient (Wildman–Crippen LogP) is 4.15. The lowest BCUT2D eigenvalue weighted by atomic mass is 10.0. The van der Waals surface area contributed by atoms with Gasteiger partial charge in [0.15, 0.2) is 12.4 Å². The summed E-state index contributed by atoms with van der Waals surface area (Å²) in [7, 11) is 0. The molecule has 0 N–H and O–H groups in total. The highest BCUT2D eigenvalue weighted by Gasteiger charge is 2.25. The maximum absolute atomic E-state index is 13.1. The molecule has 4 heterocycles. The number of para-hydroxylation sites is 2. The van der Waals surface area contributed by atoms with E-state index in [1.807, 2.05) is 53.4 Å². The number of anilines is 2. The molecule has 6 rings (SSSR count). The number of amides is 2. The third-order valence-corrected chi connectivity index (χ3v) is 7.05. The molecule has 4 aromatic rings. The number of furan rings is 1. The number of aryl methyl sites for hydroxylation is 1. The van der Waals surface area contributed by atoms with Gasteiger partial charge in [-0.15, -0.1) is 0 Å². The van der Waals surface area contributed by atoms with E-state index in [4.69, 9.17) is 14.1 Å². The first kappa shape index (κ1) is 23.1. The first-order valence-corrected chi connectivity index (χ1v) is 12.7. The first-order chi connectivity index (χ1) is 18.2. The van der Waals surface area contributed by atoms with E-state index in [0.717, 1.165) is 35.2 Å². The number of fused-ring (bicyclic) bond motifs is 2. The second-order valence-corrected chi connectivity index (χ2v) is 9.32. The number of hydrogen-bond donors (Lipinski definition) is 0. The highest BCUT2D eigenvalue weighted by Crippen LogP contribution is 2.29. The van der Waals surface area contributed by atoms with E-state index in [-0.39, 0.29) is 18.4 Å². The standard InChI is InChI=1S/C29H28N4O4/c34-27(33-14-4-8-21-6-1-2-9-23(21)33)20-37-24-10-3-7-22-12-13-26(30-28(22)24)31-15-17-32(18-16-31)29(35)25-11-5-19-36-25/h1-3,5-7,9-13,19H,4,8,14-18,20H2. The van der Waals surface area contributed by atoms with Crippen molar-refractivity contribution in [3.63, 3.8) is 0 Å². The van der Waals surface area contributed by atoms with Crippen molar-refractivity contribution in [2.75, 3.05) is 49.1 Å². The van der Waals surface area contributed by atoms with Crippen molar-refractivity contribution in [1.29, 1.82) is 0 Å². The largest absolute Gasteiger partial charge is 0.481 e. The second kappa shape index (κ2) is 9.97. The second-order valence-electron chi connectivity index (χ2n) is 9.32.